The van der Waals surface area contributed by atoms with E-state index in [2.05, 4.69) is 18.8 Å². The van der Waals surface area contributed by atoms with Crippen LogP contribution in [0.2, 0.25) is 5.15 Å². The largest absolute Gasteiger partial charge is 0.336 e. The van der Waals surface area contributed by atoms with Gasteiger partial charge in [0, 0.05) is 29.8 Å². The third-order valence-corrected chi connectivity index (χ3v) is 4.22. The van der Waals surface area contributed by atoms with Crippen molar-refractivity contribution >= 4 is 29.3 Å². The Morgan fingerprint density at radius 2 is 2.12 bits per heavy atom. The van der Waals surface area contributed by atoms with E-state index in [-0.39, 0.29) is 11.1 Å². The van der Waals surface area contributed by atoms with Crippen LogP contribution in [0.3, 0.4) is 0 Å². The van der Waals surface area contributed by atoms with Gasteiger partial charge in [0.25, 0.3) is 5.91 Å². The van der Waals surface area contributed by atoms with Crippen LogP contribution in [0.5, 0.6) is 0 Å². The van der Waals surface area contributed by atoms with Gasteiger partial charge in [0.2, 0.25) is 0 Å². The summed E-state index contributed by atoms with van der Waals surface area (Å²) in [6, 6.07) is 3.47. The van der Waals surface area contributed by atoms with Crippen LogP contribution in [0.1, 0.15) is 24.2 Å². The molecular weight excluding hydrogens is 256 g/mol. The number of amides is 1. The molecule has 1 aliphatic rings. The second kappa shape index (κ2) is 5.27. The van der Waals surface area contributed by atoms with Crippen LogP contribution in [0.25, 0.3) is 0 Å². The van der Waals surface area contributed by atoms with Gasteiger partial charge in [0.1, 0.15) is 5.15 Å². The number of thioether (sulfide) groups is 1. The molecule has 5 heteroatoms. The van der Waals surface area contributed by atoms with Crippen molar-refractivity contribution in [3.8, 4) is 0 Å². The molecule has 2 rings (SSSR count). The van der Waals surface area contributed by atoms with Crippen molar-refractivity contribution in [3.63, 3.8) is 0 Å². The SMILES string of the molecule is CC1CN(C(=O)c2cccnc2Cl)CC(C)S1. The molecule has 17 heavy (non-hydrogen) atoms. The van der Waals surface area contributed by atoms with Crippen molar-refractivity contribution < 1.29 is 4.79 Å². The molecule has 1 aromatic rings. The molecule has 0 aromatic carbocycles. The maximum absolute atomic E-state index is 12.3. The summed E-state index contributed by atoms with van der Waals surface area (Å²) in [7, 11) is 0. The van der Waals surface area contributed by atoms with Crippen molar-refractivity contribution in [2.24, 2.45) is 0 Å². The van der Waals surface area contributed by atoms with Gasteiger partial charge in [-0.15, -0.1) is 0 Å². The summed E-state index contributed by atoms with van der Waals surface area (Å²) in [6.07, 6.45) is 1.59. The number of rotatable bonds is 1. The van der Waals surface area contributed by atoms with Crippen molar-refractivity contribution in [2.45, 2.75) is 24.3 Å². The quantitative estimate of drug-likeness (QED) is 0.736. The molecule has 1 fully saturated rings. The van der Waals surface area contributed by atoms with E-state index >= 15 is 0 Å². The van der Waals surface area contributed by atoms with Gasteiger partial charge < -0.3 is 4.90 Å². The fourth-order valence-corrected chi connectivity index (χ4v) is 3.58. The second-order valence-corrected chi connectivity index (χ2v) is 6.55. The summed E-state index contributed by atoms with van der Waals surface area (Å²) in [5, 5.41) is 1.23. The highest BCUT2D eigenvalue weighted by atomic mass is 35.5. The summed E-state index contributed by atoms with van der Waals surface area (Å²) in [5.74, 6) is -0.0119. The minimum atomic E-state index is -0.0119. The van der Waals surface area contributed by atoms with Gasteiger partial charge in [0.05, 0.1) is 5.56 Å². The van der Waals surface area contributed by atoms with Gasteiger partial charge in [-0.25, -0.2) is 4.98 Å². The predicted octanol–water partition coefficient (Wildman–Crippen LogP) is 2.70. The highest BCUT2D eigenvalue weighted by molar-refractivity contribution is 8.00. The molecule has 1 aromatic heterocycles. The first-order chi connectivity index (χ1) is 8.08. The van der Waals surface area contributed by atoms with Crippen LogP contribution in [-0.2, 0) is 0 Å². The van der Waals surface area contributed by atoms with E-state index < -0.39 is 0 Å². The standard InChI is InChI=1S/C12H15ClN2OS/c1-8-6-15(7-9(2)17-8)12(16)10-4-3-5-14-11(10)13/h3-5,8-9H,6-7H2,1-2H3. The number of aromatic nitrogens is 1. The molecular formula is C12H15ClN2OS. The summed E-state index contributed by atoms with van der Waals surface area (Å²) in [4.78, 5) is 18.1. The lowest BCUT2D eigenvalue weighted by Gasteiger charge is -2.34. The van der Waals surface area contributed by atoms with E-state index in [1.807, 2.05) is 16.7 Å². The van der Waals surface area contributed by atoms with E-state index in [4.69, 9.17) is 11.6 Å². The summed E-state index contributed by atoms with van der Waals surface area (Å²) in [5.41, 5.74) is 0.500. The first kappa shape index (κ1) is 12.7. The first-order valence-corrected chi connectivity index (χ1v) is 6.95. The number of pyridine rings is 1. The molecule has 0 bridgehead atoms. The third-order valence-electron chi connectivity index (χ3n) is 2.70. The van der Waals surface area contributed by atoms with Crippen LogP contribution < -0.4 is 0 Å². The Morgan fingerprint density at radius 3 is 2.71 bits per heavy atom. The van der Waals surface area contributed by atoms with Crippen LogP contribution >= 0.6 is 23.4 Å². The normalized spacial score (nSPS) is 24.8. The van der Waals surface area contributed by atoms with Gasteiger partial charge in [-0.05, 0) is 12.1 Å². The number of carbonyl (C=O) groups excluding carboxylic acids is 1. The van der Waals surface area contributed by atoms with E-state index in [1.165, 1.54) is 0 Å². The molecule has 2 unspecified atom stereocenters. The van der Waals surface area contributed by atoms with Crippen molar-refractivity contribution in [2.75, 3.05) is 13.1 Å². The Bertz CT molecular complexity index is 417. The molecule has 2 heterocycles. The number of hydrogen-bond acceptors (Lipinski definition) is 3. The van der Waals surface area contributed by atoms with Crippen LogP contribution in [-0.4, -0.2) is 39.4 Å². The summed E-state index contributed by atoms with van der Waals surface area (Å²) in [6.45, 7) is 5.84. The van der Waals surface area contributed by atoms with Gasteiger partial charge in [-0.3, -0.25) is 4.79 Å². The molecule has 0 spiro atoms. The zero-order chi connectivity index (χ0) is 12.4. The number of carbonyl (C=O) groups is 1. The first-order valence-electron chi connectivity index (χ1n) is 5.63. The van der Waals surface area contributed by atoms with Crippen molar-refractivity contribution in [1.29, 1.82) is 0 Å². The highest BCUT2D eigenvalue weighted by Crippen LogP contribution is 2.26. The average molecular weight is 271 g/mol. The Balaban J connectivity index is 2.17. The van der Waals surface area contributed by atoms with Crippen molar-refractivity contribution in [1.82, 2.24) is 9.88 Å². The second-order valence-electron chi connectivity index (χ2n) is 4.31. The summed E-state index contributed by atoms with van der Waals surface area (Å²) < 4.78 is 0. The Kier molecular flexibility index (Phi) is 3.94. The topological polar surface area (TPSA) is 33.2 Å². The van der Waals surface area contributed by atoms with E-state index in [0.29, 0.717) is 16.1 Å². The van der Waals surface area contributed by atoms with E-state index in [1.54, 1.807) is 18.3 Å². The van der Waals surface area contributed by atoms with Crippen LogP contribution in [0.4, 0.5) is 0 Å². The van der Waals surface area contributed by atoms with E-state index in [0.717, 1.165) is 13.1 Å². The zero-order valence-electron chi connectivity index (χ0n) is 9.89. The minimum Gasteiger partial charge on any atom is -0.336 e. The highest BCUT2D eigenvalue weighted by Gasteiger charge is 2.27. The molecule has 0 radical (unpaired) electrons. The van der Waals surface area contributed by atoms with Crippen molar-refractivity contribution in [3.05, 3.63) is 29.0 Å². The third kappa shape index (κ3) is 2.93. The monoisotopic (exact) mass is 270 g/mol. The average Bonchev–Trinajstić information content (AvgIpc) is 2.27. The van der Waals surface area contributed by atoms with E-state index in [9.17, 15) is 4.79 Å². The fourth-order valence-electron chi connectivity index (χ4n) is 2.06. The predicted molar refractivity (Wildman–Crippen MR) is 71.7 cm³/mol. The maximum atomic E-state index is 12.3. The molecule has 1 saturated heterocycles. The van der Waals surface area contributed by atoms with Crippen LogP contribution in [0.15, 0.2) is 18.3 Å². The fraction of sp³-hybridized carbons (Fsp3) is 0.500. The van der Waals surface area contributed by atoms with Gasteiger partial charge in [-0.2, -0.15) is 11.8 Å². The Hall–Kier alpha value is -0.740. The van der Waals surface area contributed by atoms with Crippen LogP contribution in [0, 0.1) is 0 Å². The molecule has 2 atom stereocenters. The lowest BCUT2D eigenvalue weighted by atomic mass is 10.2. The zero-order valence-corrected chi connectivity index (χ0v) is 11.5. The number of halogens is 1. The maximum Gasteiger partial charge on any atom is 0.257 e. The molecule has 3 nitrogen and oxygen atoms in total. The molecule has 0 aliphatic carbocycles. The molecule has 1 amide bonds. The van der Waals surface area contributed by atoms with Gasteiger partial charge in [-0.1, -0.05) is 25.4 Å². The Labute approximate surface area is 111 Å². The lowest BCUT2D eigenvalue weighted by molar-refractivity contribution is 0.0753. The number of nitrogens with zero attached hydrogens (tertiary/aromatic N) is 2. The van der Waals surface area contributed by atoms with Gasteiger partial charge >= 0.3 is 0 Å². The lowest BCUT2D eigenvalue weighted by Crippen LogP contribution is -2.44. The summed E-state index contributed by atoms with van der Waals surface area (Å²) >= 11 is 7.87. The minimum absolute atomic E-state index is 0.0119. The molecule has 92 valence electrons. The molecule has 0 saturated carbocycles. The smallest absolute Gasteiger partial charge is 0.257 e. The number of hydrogen-bond donors (Lipinski definition) is 0. The Morgan fingerprint density at radius 1 is 1.47 bits per heavy atom. The van der Waals surface area contributed by atoms with Gasteiger partial charge in [0.15, 0.2) is 0 Å². The molecule has 0 N–H and O–H groups in total. The molecule has 1 aliphatic heterocycles.